The van der Waals surface area contributed by atoms with Crippen LogP contribution < -0.4 is 5.32 Å². The van der Waals surface area contributed by atoms with Gasteiger partial charge in [-0.25, -0.2) is 4.79 Å². The lowest BCUT2D eigenvalue weighted by Gasteiger charge is -2.06. The monoisotopic (exact) mass is 317 g/mol. The van der Waals surface area contributed by atoms with E-state index in [-0.39, 0.29) is 16.7 Å². The Morgan fingerprint density at radius 3 is 2.36 bits per heavy atom. The van der Waals surface area contributed by atoms with Gasteiger partial charge in [-0.15, -0.1) is 11.3 Å². The van der Waals surface area contributed by atoms with Crippen molar-refractivity contribution in [3.8, 4) is 10.4 Å². The van der Waals surface area contributed by atoms with Crippen molar-refractivity contribution in [2.24, 2.45) is 5.92 Å². The molecule has 1 amide bonds. The molecule has 2 aromatic rings. The summed E-state index contributed by atoms with van der Waals surface area (Å²) >= 11 is 1.17. The quantitative estimate of drug-likeness (QED) is 0.882. The lowest BCUT2D eigenvalue weighted by Crippen LogP contribution is -2.18. The number of rotatable bonds is 4. The number of hydrogen-bond acceptors (Lipinski definition) is 3. The summed E-state index contributed by atoms with van der Waals surface area (Å²) in [6.45, 7) is 7.59. The number of amides is 1. The van der Waals surface area contributed by atoms with Gasteiger partial charge in [0, 0.05) is 10.8 Å². The largest absolute Gasteiger partial charge is 0.477 e. The Morgan fingerprint density at radius 2 is 1.82 bits per heavy atom. The molecule has 22 heavy (non-hydrogen) atoms. The van der Waals surface area contributed by atoms with Crippen LogP contribution in [0, 0.1) is 19.8 Å². The van der Waals surface area contributed by atoms with Crippen LogP contribution in [0.25, 0.3) is 10.4 Å². The number of carbonyl (C=O) groups excluding carboxylic acids is 1. The third kappa shape index (κ3) is 3.36. The van der Waals surface area contributed by atoms with Gasteiger partial charge in [0.2, 0.25) is 5.91 Å². The van der Waals surface area contributed by atoms with Gasteiger partial charge in [-0.2, -0.15) is 0 Å². The van der Waals surface area contributed by atoms with Gasteiger partial charge in [0.15, 0.2) is 0 Å². The van der Waals surface area contributed by atoms with Gasteiger partial charge >= 0.3 is 5.97 Å². The van der Waals surface area contributed by atoms with Gasteiger partial charge < -0.3 is 10.4 Å². The molecule has 116 valence electrons. The first-order valence-electron chi connectivity index (χ1n) is 7.05. The Labute approximate surface area is 133 Å². The third-order valence-electron chi connectivity index (χ3n) is 3.50. The fourth-order valence-corrected chi connectivity index (χ4v) is 2.91. The van der Waals surface area contributed by atoms with E-state index in [2.05, 4.69) is 5.32 Å². The molecule has 2 N–H and O–H groups in total. The van der Waals surface area contributed by atoms with Crippen LogP contribution in [0.4, 0.5) is 5.69 Å². The van der Waals surface area contributed by atoms with E-state index in [4.69, 9.17) is 0 Å². The van der Waals surface area contributed by atoms with Crippen molar-refractivity contribution in [3.63, 3.8) is 0 Å². The molecule has 0 fully saturated rings. The standard InChI is InChI=1S/C17H19NO3S/c1-9(2)16(19)18-13-8-14(22-15(13)17(20)21)12-6-5-10(3)11(4)7-12/h5-9H,1-4H3,(H,18,19)(H,20,21). The molecule has 0 spiro atoms. The van der Waals surface area contributed by atoms with Crippen LogP contribution in [-0.4, -0.2) is 17.0 Å². The average Bonchev–Trinajstić information content (AvgIpc) is 2.85. The predicted molar refractivity (Wildman–Crippen MR) is 89.7 cm³/mol. The molecule has 4 nitrogen and oxygen atoms in total. The fourth-order valence-electron chi connectivity index (χ4n) is 1.96. The Balaban J connectivity index is 2.44. The molecule has 0 atom stereocenters. The highest BCUT2D eigenvalue weighted by Gasteiger charge is 2.19. The molecule has 0 saturated carbocycles. The second-order valence-corrected chi connectivity index (χ2v) is 6.65. The normalized spacial score (nSPS) is 10.8. The summed E-state index contributed by atoms with van der Waals surface area (Å²) < 4.78 is 0. The molecular weight excluding hydrogens is 298 g/mol. The molecule has 2 rings (SSSR count). The fraction of sp³-hybridized carbons (Fsp3) is 0.294. The van der Waals surface area contributed by atoms with E-state index >= 15 is 0 Å². The predicted octanol–water partition coefficient (Wildman–Crippen LogP) is 4.32. The highest BCUT2D eigenvalue weighted by atomic mass is 32.1. The third-order valence-corrected chi connectivity index (χ3v) is 4.67. The Morgan fingerprint density at radius 1 is 1.14 bits per heavy atom. The Hall–Kier alpha value is -2.14. The van der Waals surface area contributed by atoms with Crippen LogP contribution in [0.15, 0.2) is 24.3 Å². The van der Waals surface area contributed by atoms with Gasteiger partial charge in [-0.05, 0) is 36.6 Å². The highest BCUT2D eigenvalue weighted by molar-refractivity contribution is 7.18. The van der Waals surface area contributed by atoms with Crippen molar-refractivity contribution in [3.05, 3.63) is 40.3 Å². The Bertz CT molecular complexity index is 732. The number of thiophene rings is 1. The van der Waals surface area contributed by atoms with Gasteiger partial charge in [0.05, 0.1) is 5.69 Å². The first-order chi connectivity index (χ1) is 10.3. The van der Waals surface area contributed by atoms with E-state index in [0.717, 1.165) is 16.0 Å². The van der Waals surface area contributed by atoms with E-state index in [1.54, 1.807) is 19.9 Å². The first kappa shape index (κ1) is 16.2. The van der Waals surface area contributed by atoms with Crippen molar-refractivity contribution >= 4 is 28.9 Å². The molecule has 1 aromatic heterocycles. The maximum absolute atomic E-state index is 11.8. The molecule has 1 aromatic carbocycles. The second-order valence-electron chi connectivity index (χ2n) is 5.60. The number of carbonyl (C=O) groups is 2. The number of anilines is 1. The van der Waals surface area contributed by atoms with Gasteiger partial charge in [-0.3, -0.25) is 4.79 Å². The van der Waals surface area contributed by atoms with Crippen molar-refractivity contribution in [1.29, 1.82) is 0 Å². The van der Waals surface area contributed by atoms with Gasteiger partial charge in [0.25, 0.3) is 0 Å². The molecule has 0 aliphatic carbocycles. The number of nitrogens with one attached hydrogen (secondary N) is 1. The SMILES string of the molecule is Cc1ccc(-c2cc(NC(=O)C(C)C)c(C(=O)O)s2)cc1C. The van der Waals surface area contributed by atoms with Crippen LogP contribution in [0.3, 0.4) is 0 Å². The molecule has 0 unspecified atom stereocenters. The maximum Gasteiger partial charge on any atom is 0.348 e. The van der Waals surface area contributed by atoms with Crippen molar-refractivity contribution in [1.82, 2.24) is 0 Å². The second kappa shape index (κ2) is 6.32. The molecule has 0 aliphatic rings. The minimum Gasteiger partial charge on any atom is -0.477 e. The maximum atomic E-state index is 11.8. The van der Waals surface area contributed by atoms with Gasteiger partial charge in [0.1, 0.15) is 4.88 Å². The first-order valence-corrected chi connectivity index (χ1v) is 7.87. The molecule has 5 heteroatoms. The number of carboxylic acid groups (broad SMARTS) is 1. The average molecular weight is 317 g/mol. The van der Waals surface area contributed by atoms with E-state index < -0.39 is 5.97 Å². The topological polar surface area (TPSA) is 66.4 Å². The van der Waals surface area contributed by atoms with E-state index in [1.165, 1.54) is 16.9 Å². The van der Waals surface area contributed by atoms with Crippen molar-refractivity contribution in [2.45, 2.75) is 27.7 Å². The number of carboxylic acids is 1. The van der Waals surface area contributed by atoms with Crippen LogP contribution in [0.1, 0.15) is 34.6 Å². The number of aromatic carboxylic acids is 1. The summed E-state index contributed by atoms with van der Waals surface area (Å²) in [6.07, 6.45) is 0. The molecule has 0 saturated heterocycles. The number of aryl methyl sites for hydroxylation is 2. The van der Waals surface area contributed by atoms with Crippen LogP contribution in [0.5, 0.6) is 0 Å². The highest BCUT2D eigenvalue weighted by Crippen LogP contribution is 2.35. The summed E-state index contributed by atoms with van der Waals surface area (Å²) in [4.78, 5) is 24.2. The summed E-state index contributed by atoms with van der Waals surface area (Å²) in [5, 5.41) is 12.0. The molecular formula is C17H19NO3S. The molecule has 1 heterocycles. The number of benzene rings is 1. The summed E-state index contributed by atoms with van der Waals surface area (Å²) in [7, 11) is 0. The lowest BCUT2D eigenvalue weighted by atomic mass is 10.1. The van der Waals surface area contributed by atoms with E-state index in [1.807, 2.05) is 32.0 Å². The minimum absolute atomic E-state index is 0.155. The van der Waals surface area contributed by atoms with Gasteiger partial charge in [-0.1, -0.05) is 32.0 Å². The minimum atomic E-state index is -1.03. The van der Waals surface area contributed by atoms with Crippen molar-refractivity contribution in [2.75, 3.05) is 5.32 Å². The van der Waals surface area contributed by atoms with Crippen LogP contribution >= 0.6 is 11.3 Å². The lowest BCUT2D eigenvalue weighted by molar-refractivity contribution is -0.118. The summed E-state index contributed by atoms with van der Waals surface area (Å²) in [6, 6.07) is 7.74. The van der Waals surface area contributed by atoms with E-state index in [0.29, 0.717) is 5.69 Å². The smallest absolute Gasteiger partial charge is 0.348 e. The molecule has 0 bridgehead atoms. The zero-order chi connectivity index (χ0) is 16.4. The zero-order valence-corrected chi connectivity index (χ0v) is 13.9. The molecule has 0 radical (unpaired) electrons. The Kier molecular flexibility index (Phi) is 4.66. The van der Waals surface area contributed by atoms with Crippen LogP contribution in [0.2, 0.25) is 0 Å². The van der Waals surface area contributed by atoms with Crippen LogP contribution in [-0.2, 0) is 4.79 Å². The van der Waals surface area contributed by atoms with Crippen molar-refractivity contribution < 1.29 is 14.7 Å². The zero-order valence-electron chi connectivity index (χ0n) is 13.1. The summed E-state index contributed by atoms with van der Waals surface area (Å²) in [5.74, 6) is -1.42. The summed E-state index contributed by atoms with van der Waals surface area (Å²) in [5.41, 5.74) is 3.66. The number of hydrogen-bond donors (Lipinski definition) is 2. The van der Waals surface area contributed by atoms with E-state index in [9.17, 15) is 14.7 Å². The molecule has 0 aliphatic heterocycles.